The van der Waals surface area contributed by atoms with Crippen LogP contribution in [0.4, 0.5) is 5.82 Å². The Labute approximate surface area is 183 Å². The van der Waals surface area contributed by atoms with E-state index in [1.54, 1.807) is 36.8 Å². The summed E-state index contributed by atoms with van der Waals surface area (Å²) in [7, 11) is -4.20. The molecule has 3 aromatic rings. The van der Waals surface area contributed by atoms with Gasteiger partial charge in [0.25, 0.3) is 0 Å². The summed E-state index contributed by atoms with van der Waals surface area (Å²) in [5.41, 5.74) is 15.9. The van der Waals surface area contributed by atoms with Gasteiger partial charge in [-0.2, -0.15) is 0 Å². The number of sulfonamides is 1. The van der Waals surface area contributed by atoms with Gasteiger partial charge >= 0.3 is 0 Å². The molecule has 12 nitrogen and oxygen atoms in total. The molecular formula is C17H22N10O2S2. The number of hydrogen-bond donors (Lipinski definition) is 7. The fourth-order valence-electron chi connectivity index (χ4n) is 2.85. The monoisotopic (exact) mass is 462 g/mol. The third-order valence-corrected chi connectivity index (χ3v) is 6.21. The van der Waals surface area contributed by atoms with Crippen LogP contribution in [-0.4, -0.2) is 35.8 Å². The van der Waals surface area contributed by atoms with E-state index in [9.17, 15) is 8.42 Å². The lowest BCUT2D eigenvalue weighted by molar-refractivity contribution is 0.595. The Bertz CT molecular complexity index is 1160. The van der Waals surface area contributed by atoms with Crippen LogP contribution in [0.15, 0.2) is 57.9 Å². The average Bonchev–Trinajstić information content (AvgIpc) is 3.24. The van der Waals surface area contributed by atoms with E-state index in [1.165, 1.54) is 6.20 Å². The first kappa shape index (κ1) is 22.5. The van der Waals surface area contributed by atoms with Crippen LogP contribution in [0.2, 0.25) is 0 Å². The first-order chi connectivity index (χ1) is 14.8. The largest absolute Gasteiger partial charge is 0.384 e. The number of nitrogens with two attached hydrogens (primary N) is 4. The van der Waals surface area contributed by atoms with E-state index in [4.69, 9.17) is 22.4 Å². The van der Waals surface area contributed by atoms with Gasteiger partial charge in [-0.3, -0.25) is 4.72 Å². The predicted octanol–water partition coefficient (Wildman–Crippen LogP) is -0.376. The predicted molar refractivity (Wildman–Crippen MR) is 120 cm³/mol. The summed E-state index contributed by atoms with van der Waals surface area (Å²) in [5, 5.41) is 9.33. The van der Waals surface area contributed by atoms with Crippen LogP contribution in [0.1, 0.15) is 11.3 Å². The van der Waals surface area contributed by atoms with Crippen LogP contribution in [0, 0.1) is 0 Å². The maximum Gasteiger partial charge on any atom is 0.239 e. The van der Waals surface area contributed by atoms with Gasteiger partial charge in [0.05, 0.1) is 6.33 Å². The van der Waals surface area contributed by atoms with Crippen LogP contribution in [0.5, 0.6) is 0 Å². The number of imidazole rings is 1. The molecule has 0 aliphatic carbocycles. The molecule has 164 valence electrons. The van der Waals surface area contributed by atoms with Gasteiger partial charge in [0.15, 0.2) is 5.84 Å². The van der Waals surface area contributed by atoms with Gasteiger partial charge in [0.2, 0.25) is 10.0 Å². The highest BCUT2D eigenvalue weighted by Crippen LogP contribution is 2.34. The van der Waals surface area contributed by atoms with E-state index in [-0.39, 0.29) is 16.3 Å². The molecule has 1 aromatic carbocycles. The molecule has 0 bridgehead atoms. The van der Waals surface area contributed by atoms with Gasteiger partial charge < -0.3 is 16.5 Å². The normalized spacial score (nSPS) is 12.1. The number of aromatic amines is 1. The number of rotatable bonds is 9. The smallest absolute Gasteiger partial charge is 0.239 e. The number of amidine groups is 1. The number of primary sulfonamides is 1. The fourth-order valence-corrected chi connectivity index (χ4v) is 4.86. The maximum atomic E-state index is 12.6. The van der Waals surface area contributed by atoms with Crippen LogP contribution < -0.4 is 32.7 Å². The van der Waals surface area contributed by atoms with Crippen LogP contribution in [0.3, 0.4) is 0 Å². The molecule has 0 unspecified atom stereocenters. The molecule has 0 saturated carbocycles. The second-order valence-electron chi connectivity index (χ2n) is 6.28. The minimum absolute atomic E-state index is 0.104. The number of hydrazone groups is 1. The highest BCUT2D eigenvalue weighted by Gasteiger charge is 2.26. The summed E-state index contributed by atoms with van der Waals surface area (Å²) in [6, 6.07) is 6.61. The number of nitrogen functional groups attached to an aromatic ring is 1. The standard InChI is InChI=1S/C17H22N10O2S2/c18-14-4-1-10(7-23-14)12-2-3-13(30-25-6-5-11-8-22-9-24-11)16(31(21,28)29)15(12)17(19)26-27-20/h1-4,7-9,25,27H,5-6,20H2,(H2,18,23)(H2,19,26)(H,22,24)(H2,21,28,29). The highest BCUT2D eigenvalue weighted by molar-refractivity contribution is 7.98. The van der Waals surface area contributed by atoms with Crippen molar-refractivity contribution in [2.75, 3.05) is 12.3 Å². The molecule has 0 amide bonds. The van der Waals surface area contributed by atoms with Gasteiger partial charge in [-0.15, -0.1) is 5.10 Å². The van der Waals surface area contributed by atoms with Crippen molar-refractivity contribution in [2.24, 2.45) is 21.8 Å². The molecule has 31 heavy (non-hydrogen) atoms. The second kappa shape index (κ2) is 9.76. The van der Waals surface area contributed by atoms with Crippen molar-refractivity contribution in [3.63, 3.8) is 0 Å². The first-order valence-corrected chi connectivity index (χ1v) is 11.3. The number of pyridine rings is 1. The van der Waals surface area contributed by atoms with Gasteiger partial charge in [-0.1, -0.05) is 6.07 Å². The van der Waals surface area contributed by atoms with Crippen LogP contribution >= 0.6 is 11.9 Å². The summed E-state index contributed by atoms with van der Waals surface area (Å²) in [4.78, 5) is 11.2. The summed E-state index contributed by atoms with van der Waals surface area (Å²) in [6.07, 6.45) is 5.47. The van der Waals surface area contributed by atoms with E-state index < -0.39 is 10.0 Å². The number of H-pyrrole nitrogens is 1. The molecule has 0 aliphatic rings. The molecule has 0 atom stereocenters. The van der Waals surface area contributed by atoms with Crippen LogP contribution in [-0.2, 0) is 16.4 Å². The van der Waals surface area contributed by atoms with E-state index in [0.29, 0.717) is 34.8 Å². The molecule has 0 aliphatic heterocycles. The van der Waals surface area contributed by atoms with Crippen molar-refractivity contribution in [1.29, 1.82) is 0 Å². The average molecular weight is 463 g/mol. The number of hydrazine groups is 1. The summed E-state index contributed by atoms with van der Waals surface area (Å²) in [6.45, 7) is 0.545. The van der Waals surface area contributed by atoms with Gasteiger partial charge in [0.1, 0.15) is 10.7 Å². The molecule has 2 heterocycles. The Morgan fingerprint density at radius 3 is 2.65 bits per heavy atom. The van der Waals surface area contributed by atoms with Crippen molar-refractivity contribution in [2.45, 2.75) is 16.2 Å². The second-order valence-corrected chi connectivity index (χ2v) is 8.71. The summed E-state index contributed by atoms with van der Waals surface area (Å²) >= 11 is 1.11. The number of hydrogen-bond acceptors (Lipinski definition) is 10. The van der Waals surface area contributed by atoms with E-state index in [2.05, 4.69) is 30.3 Å². The van der Waals surface area contributed by atoms with Gasteiger partial charge in [-0.05, 0) is 35.7 Å². The van der Waals surface area contributed by atoms with Crippen molar-refractivity contribution in [1.82, 2.24) is 25.2 Å². The Kier molecular flexibility index (Phi) is 7.09. The minimum atomic E-state index is -4.20. The molecule has 0 spiro atoms. The molecular weight excluding hydrogens is 440 g/mol. The Balaban J connectivity index is 2.04. The highest BCUT2D eigenvalue weighted by atomic mass is 32.2. The van der Waals surface area contributed by atoms with Crippen LogP contribution in [0.25, 0.3) is 11.1 Å². The lowest BCUT2D eigenvalue weighted by Crippen LogP contribution is -2.27. The van der Waals surface area contributed by atoms with E-state index >= 15 is 0 Å². The third kappa shape index (κ3) is 5.50. The summed E-state index contributed by atoms with van der Waals surface area (Å²) < 4.78 is 28.2. The zero-order chi connectivity index (χ0) is 22.4. The summed E-state index contributed by atoms with van der Waals surface area (Å²) in [5.74, 6) is 5.43. The quantitative estimate of drug-likeness (QED) is 0.0546. The number of anilines is 1. The Morgan fingerprint density at radius 2 is 2.03 bits per heavy atom. The molecule has 11 N–H and O–H groups in total. The lowest BCUT2D eigenvalue weighted by Gasteiger charge is -2.17. The van der Waals surface area contributed by atoms with Crippen molar-refractivity contribution < 1.29 is 8.42 Å². The number of benzene rings is 1. The van der Waals surface area contributed by atoms with E-state index in [1.807, 2.05) is 0 Å². The molecule has 2 aromatic heterocycles. The SMILES string of the molecule is NN/N=C(\N)c1c(-c2ccc(N)nc2)ccc(SNCCc2cnc[nH]2)c1S(N)(=O)=O. The zero-order valence-corrected chi connectivity index (χ0v) is 17.9. The molecule has 0 saturated heterocycles. The van der Waals surface area contributed by atoms with Gasteiger partial charge in [-0.25, -0.2) is 34.9 Å². The van der Waals surface area contributed by atoms with Crippen molar-refractivity contribution >= 4 is 33.6 Å². The van der Waals surface area contributed by atoms with E-state index in [0.717, 1.165) is 17.6 Å². The molecule has 0 fully saturated rings. The van der Waals surface area contributed by atoms with Gasteiger partial charge in [0, 0.05) is 47.1 Å². The van der Waals surface area contributed by atoms with Crippen molar-refractivity contribution in [3.8, 4) is 11.1 Å². The number of nitrogens with zero attached hydrogens (tertiary/aromatic N) is 3. The number of nitrogens with one attached hydrogen (secondary N) is 3. The first-order valence-electron chi connectivity index (χ1n) is 8.89. The topological polar surface area (TPSA) is 216 Å². The Morgan fingerprint density at radius 1 is 1.23 bits per heavy atom. The fraction of sp³-hybridized carbons (Fsp3) is 0.118. The molecule has 3 rings (SSSR count). The minimum Gasteiger partial charge on any atom is -0.384 e. The maximum absolute atomic E-state index is 12.6. The zero-order valence-electron chi connectivity index (χ0n) is 16.2. The lowest BCUT2D eigenvalue weighted by atomic mass is 10.0. The molecule has 0 radical (unpaired) electrons. The number of aromatic nitrogens is 3. The third-order valence-electron chi connectivity index (χ3n) is 4.18. The van der Waals surface area contributed by atoms with Crippen molar-refractivity contribution in [3.05, 3.63) is 54.2 Å². The molecule has 14 heteroatoms. The Hall–Kier alpha value is -3.17.